The lowest BCUT2D eigenvalue weighted by Gasteiger charge is -2.30. The van der Waals surface area contributed by atoms with Gasteiger partial charge >= 0.3 is 6.03 Å². The number of nitrogens with one attached hydrogen (secondary N) is 1. The minimum atomic E-state index is -0.745. The van der Waals surface area contributed by atoms with Crippen LogP contribution in [0.4, 0.5) is 10.5 Å². The number of carbonyl (C=O) groups excluding carboxylic acids is 3. The van der Waals surface area contributed by atoms with E-state index in [9.17, 15) is 14.4 Å². The van der Waals surface area contributed by atoms with Crippen molar-refractivity contribution in [1.29, 1.82) is 0 Å². The van der Waals surface area contributed by atoms with Gasteiger partial charge in [0, 0.05) is 36.2 Å². The van der Waals surface area contributed by atoms with Crippen LogP contribution in [0, 0.1) is 0 Å². The summed E-state index contributed by atoms with van der Waals surface area (Å²) in [6.07, 6.45) is 4.48. The van der Waals surface area contributed by atoms with E-state index in [0.717, 1.165) is 49.1 Å². The fourth-order valence-electron chi connectivity index (χ4n) is 4.54. The third-order valence-electron chi connectivity index (χ3n) is 6.46. The van der Waals surface area contributed by atoms with E-state index in [1.54, 1.807) is 4.90 Å². The lowest BCUT2D eigenvalue weighted by molar-refractivity contribution is -0.132. The Morgan fingerprint density at radius 2 is 1.84 bits per heavy atom. The zero-order chi connectivity index (χ0) is 22.4. The maximum atomic E-state index is 13.2. The second kappa shape index (κ2) is 10.6. The standard InChI is InChI=1S/C23H33BrN4O3/c1-3-26(4-2)15-16-27(19-10-8-9-18(24)17-19)20(29)11-14-28-21(30)23(25-22(28)31)12-6-5-7-13-23/h8-10,17H,3-7,11-16H2,1-2H3,(H,25,31). The molecule has 1 aromatic rings. The van der Waals surface area contributed by atoms with Crippen LogP contribution in [0.1, 0.15) is 52.4 Å². The predicted octanol–water partition coefficient (Wildman–Crippen LogP) is 3.77. The van der Waals surface area contributed by atoms with Crippen molar-refractivity contribution in [3.63, 3.8) is 0 Å². The number of nitrogens with zero attached hydrogens (tertiary/aromatic N) is 3. The molecule has 1 N–H and O–H groups in total. The van der Waals surface area contributed by atoms with Crippen LogP contribution in [0.5, 0.6) is 0 Å². The summed E-state index contributed by atoms with van der Waals surface area (Å²) in [5.41, 5.74) is 0.0676. The fourth-order valence-corrected chi connectivity index (χ4v) is 4.93. The highest BCUT2D eigenvalue weighted by Crippen LogP contribution is 2.33. The quantitative estimate of drug-likeness (QED) is 0.532. The van der Waals surface area contributed by atoms with Gasteiger partial charge in [-0.3, -0.25) is 14.5 Å². The first kappa shape index (κ1) is 23.7. The Hall–Kier alpha value is -1.93. The molecule has 2 fully saturated rings. The molecule has 2 aliphatic rings. The summed E-state index contributed by atoms with van der Waals surface area (Å²) in [7, 11) is 0. The van der Waals surface area contributed by atoms with Crippen molar-refractivity contribution in [1.82, 2.24) is 15.1 Å². The van der Waals surface area contributed by atoms with Crippen LogP contribution >= 0.6 is 15.9 Å². The lowest BCUT2D eigenvalue weighted by atomic mass is 9.82. The Bertz CT molecular complexity index is 806. The van der Waals surface area contributed by atoms with Gasteiger partial charge in [0.2, 0.25) is 5.91 Å². The second-order valence-corrected chi connectivity index (χ2v) is 9.25. The smallest absolute Gasteiger partial charge is 0.323 e. The molecule has 1 saturated carbocycles. The van der Waals surface area contributed by atoms with Crippen LogP contribution in [-0.4, -0.2) is 65.9 Å². The Kier molecular flexibility index (Phi) is 8.11. The van der Waals surface area contributed by atoms with Crippen LogP contribution < -0.4 is 10.2 Å². The highest BCUT2D eigenvalue weighted by molar-refractivity contribution is 9.10. The first-order valence-electron chi connectivity index (χ1n) is 11.3. The zero-order valence-corrected chi connectivity index (χ0v) is 20.1. The highest BCUT2D eigenvalue weighted by atomic mass is 79.9. The van der Waals surface area contributed by atoms with Gasteiger partial charge in [-0.1, -0.05) is 55.1 Å². The first-order chi connectivity index (χ1) is 14.9. The number of rotatable bonds is 9. The maximum absolute atomic E-state index is 13.2. The molecule has 0 atom stereocenters. The average Bonchev–Trinajstić information content (AvgIpc) is 2.99. The molecule has 1 aromatic carbocycles. The second-order valence-electron chi connectivity index (χ2n) is 8.33. The molecule has 0 aromatic heterocycles. The molecule has 0 bridgehead atoms. The Morgan fingerprint density at radius 3 is 2.48 bits per heavy atom. The van der Waals surface area contributed by atoms with Gasteiger partial charge < -0.3 is 15.1 Å². The van der Waals surface area contributed by atoms with E-state index in [1.165, 1.54) is 4.90 Å². The normalized spacial score (nSPS) is 18.0. The Morgan fingerprint density at radius 1 is 1.13 bits per heavy atom. The molecule has 4 amide bonds. The molecule has 0 unspecified atom stereocenters. The number of carbonyl (C=O) groups is 3. The van der Waals surface area contributed by atoms with Gasteiger partial charge in [-0.2, -0.15) is 0 Å². The molecule has 1 aliphatic carbocycles. The van der Waals surface area contributed by atoms with Crippen molar-refractivity contribution < 1.29 is 14.4 Å². The minimum absolute atomic E-state index is 0.0875. The molecular formula is C23H33BrN4O3. The van der Waals surface area contributed by atoms with E-state index in [0.29, 0.717) is 19.4 Å². The predicted molar refractivity (Wildman–Crippen MR) is 125 cm³/mol. The van der Waals surface area contributed by atoms with Crippen molar-refractivity contribution in [2.75, 3.05) is 37.6 Å². The third-order valence-corrected chi connectivity index (χ3v) is 6.95. The maximum Gasteiger partial charge on any atom is 0.325 e. The number of benzene rings is 1. The molecular weight excluding hydrogens is 460 g/mol. The molecule has 8 heteroatoms. The van der Waals surface area contributed by atoms with Crippen molar-refractivity contribution in [2.45, 2.75) is 57.9 Å². The summed E-state index contributed by atoms with van der Waals surface area (Å²) in [5, 5.41) is 2.92. The molecule has 31 heavy (non-hydrogen) atoms. The molecule has 7 nitrogen and oxygen atoms in total. The fraction of sp³-hybridized carbons (Fsp3) is 0.609. The van der Waals surface area contributed by atoms with E-state index in [4.69, 9.17) is 0 Å². The average molecular weight is 493 g/mol. The summed E-state index contributed by atoms with van der Waals surface area (Å²) in [6.45, 7) is 7.48. The largest absolute Gasteiger partial charge is 0.325 e. The van der Waals surface area contributed by atoms with Crippen molar-refractivity contribution in [3.8, 4) is 0 Å². The summed E-state index contributed by atoms with van der Waals surface area (Å²) in [5.74, 6) is -0.252. The molecule has 1 heterocycles. The highest BCUT2D eigenvalue weighted by Gasteiger charge is 2.51. The van der Waals surface area contributed by atoms with E-state index in [2.05, 4.69) is 40.0 Å². The van der Waals surface area contributed by atoms with Gasteiger partial charge in [-0.25, -0.2) is 4.79 Å². The summed E-state index contributed by atoms with van der Waals surface area (Å²) < 4.78 is 0.902. The van der Waals surface area contributed by atoms with Gasteiger partial charge in [0.05, 0.1) is 0 Å². The van der Waals surface area contributed by atoms with E-state index >= 15 is 0 Å². The van der Waals surface area contributed by atoms with E-state index < -0.39 is 5.54 Å². The Balaban J connectivity index is 1.68. The van der Waals surface area contributed by atoms with Crippen LogP contribution in [0.25, 0.3) is 0 Å². The molecule has 170 valence electrons. The van der Waals surface area contributed by atoms with Crippen LogP contribution in [0.2, 0.25) is 0 Å². The molecule has 3 rings (SSSR count). The number of hydrogen-bond acceptors (Lipinski definition) is 4. The van der Waals surface area contributed by atoms with Gasteiger partial charge in [0.15, 0.2) is 0 Å². The van der Waals surface area contributed by atoms with Crippen LogP contribution in [0.3, 0.4) is 0 Å². The van der Waals surface area contributed by atoms with E-state index in [-0.39, 0.29) is 30.8 Å². The SMILES string of the molecule is CCN(CC)CCN(C(=O)CCN1C(=O)NC2(CCCCC2)C1=O)c1cccc(Br)c1. The summed E-state index contributed by atoms with van der Waals surface area (Å²) in [6, 6.07) is 7.30. The zero-order valence-electron chi connectivity index (χ0n) is 18.5. The monoisotopic (exact) mass is 492 g/mol. The number of imide groups is 1. The molecule has 1 spiro atoms. The number of anilines is 1. The summed E-state index contributed by atoms with van der Waals surface area (Å²) >= 11 is 3.48. The van der Waals surface area contributed by atoms with Crippen molar-refractivity contribution in [3.05, 3.63) is 28.7 Å². The topological polar surface area (TPSA) is 73.0 Å². The van der Waals surface area contributed by atoms with Crippen molar-refractivity contribution in [2.24, 2.45) is 0 Å². The summed E-state index contributed by atoms with van der Waals surface area (Å²) in [4.78, 5) is 44.0. The lowest BCUT2D eigenvalue weighted by Crippen LogP contribution is -2.48. The van der Waals surface area contributed by atoms with Crippen LogP contribution in [0.15, 0.2) is 28.7 Å². The van der Waals surface area contributed by atoms with Gasteiger partial charge in [0.1, 0.15) is 5.54 Å². The minimum Gasteiger partial charge on any atom is -0.323 e. The first-order valence-corrected chi connectivity index (χ1v) is 12.1. The third kappa shape index (κ3) is 5.47. The van der Waals surface area contributed by atoms with Gasteiger partial charge in [-0.15, -0.1) is 0 Å². The van der Waals surface area contributed by atoms with E-state index in [1.807, 2.05) is 24.3 Å². The molecule has 0 radical (unpaired) electrons. The molecule has 1 saturated heterocycles. The number of amides is 4. The number of hydrogen-bond donors (Lipinski definition) is 1. The van der Waals surface area contributed by atoms with Crippen LogP contribution in [-0.2, 0) is 9.59 Å². The Labute approximate surface area is 193 Å². The number of halogens is 1. The van der Waals surface area contributed by atoms with Gasteiger partial charge in [-0.05, 0) is 44.1 Å². The number of urea groups is 1. The van der Waals surface area contributed by atoms with Gasteiger partial charge in [0.25, 0.3) is 5.91 Å². The molecule has 1 aliphatic heterocycles. The number of likely N-dealkylation sites (N-methyl/N-ethyl adjacent to an activating group) is 1. The van der Waals surface area contributed by atoms with Crippen molar-refractivity contribution >= 4 is 39.5 Å².